The predicted octanol–water partition coefficient (Wildman–Crippen LogP) is 14.9. The Bertz CT molecular complexity index is 5340. The average molecular weight is 1720 g/mol. The van der Waals surface area contributed by atoms with Crippen LogP contribution >= 0.6 is 0 Å². The summed E-state index contributed by atoms with van der Waals surface area (Å²) < 4.78 is 161. The van der Waals surface area contributed by atoms with Crippen molar-refractivity contribution in [3.05, 3.63) is 211 Å². The minimum atomic E-state index is -4.40. The summed E-state index contributed by atoms with van der Waals surface area (Å²) in [7, 11) is 2.06. The van der Waals surface area contributed by atoms with Crippen molar-refractivity contribution in [2.75, 3.05) is 166 Å². The number of morpholine rings is 1. The SMILES string of the molecule is CC1=CC(Nc2nc(/C=C/c3cccc(C(F)(F)F)c3)nc(N3CCCC3)n2)=NC1.CC1=CC(Nc2nc(/C=C/c3cccc(C(F)(F)F)c3)nc(N3CCN(C)CC3)n2)=NC1.CC1=CC(Nc2nc(/C=C/c3cccc(C(F)(F)F)c3)nc(N3CCNCC3)n2)=NC1.CC1=CC(Nc2nc(/C=C/c3cccc(C(F)(F)F)c3)nc(N3CCOCC3)n2)=NC1. The molecule has 4 aromatic carbocycles. The third kappa shape index (κ3) is 26.2. The van der Waals surface area contributed by atoms with Crippen molar-refractivity contribution in [3.8, 4) is 0 Å². The number of aromatic nitrogens is 12. The highest BCUT2D eigenvalue weighted by Gasteiger charge is 2.34. The van der Waals surface area contributed by atoms with Gasteiger partial charge in [0.05, 0.1) is 61.6 Å². The van der Waals surface area contributed by atoms with Crippen LogP contribution in [0.3, 0.4) is 0 Å². The smallest absolute Gasteiger partial charge is 0.378 e. The van der Waals surface area contributed by atoms with E-state index in [1.54, 1.807) is 72.9 Å². The van der Waals surface area contributed by atoms with Crippen molar-refractivity contribution in [2.24, 2.45) is 20.0 Å². The third-order valence-electron chi connectivity index (χ3n) is 19.5. The number of rotatable bonds is 16. The lowest BCUT2D eigenvalue weighted by molar-refractivity contribution is -0.138. The van der Waals surface area contributed by atoms with Crippen LogP contribution in [-0.2, 0) is 29.4 Å². The van der Waals surface area contributed by atoms with Gasteiger partial charge in [-0.25, -0.2) is 0 Å². The van der Waals surface area contributed by atoms with Gasteiger partial charge >= 0.3 is 24.7 Å². The van der Waals surface area contributed by atoms with Crippen LogP contribution in [0.1, 0.15) is 108 Å². The fraction of sp³-hybridized carbons (Fsp3) is 0.341. The monoisotopic (exact) mass is 1720 g/mol. The van der Waals surface area contributed by atoms with Crippen molar-refractivity contribution in [3.63, 3.8) is 0 Å². The van der Waals surface area contributed by atoms with Gasteiger partial charge in [0.25, 0.3) is 0 Å². The maximum Gasteiger partial charge on any atom is 0.416 e. The van der Waals surface area contributed by atoms with E-state index in [1.165, 1.54) is 24.3 Å². The number of benzene rings is 4. The summed E-state index contributed by atoms with van der Waals surface area (Å²) in [6.45, 7) is 21.0. The van der Waals surface area contributed by atoms with Crippen LogP contribution in [0.2, 0.25) is 0 Å². The zero-order valence-corrected chi connectivity index (χ0v) is 68.1. The molecular formula is C85H88F12N26O. The molecule has 0 saturated carbocycles. The Balaban J connectivity index is 0.000000142. The standard InChI is InChI=1S/C22H24F3N7.C21H22F3N7.C21H21F3N6O.C21H21F3N6/c1-15-12-19(26-14-15)28-20-27-18(29-21(30-20)32-10-8-31(2)9-11-32)7-6-16-4-3-5-17(13-16)22(23,24)25;1-14-11-18(26-13-14)28-19-27-17(29-20(30-19)31-9-7-25-8-10-31)6-5-15-3-2-4-16(12-15)21(22,23)24;1-14-11-18(25-13-14)27-19-26-17(28-20(29-19)30-7-9-31-10-8-30)6-5-15-3-2-4-16(12-15)21(22,23)24;1-14-11-18(25-13-14)27-19-26-17(28-20(29-19)30-9-2-3-10-30)8-7-15-5-4-6-16(12-15)21(22,23)24/h3-7,12-13H,8-11,14H2,1-2H3,(H,26,27,28,29,30);2-6,11-12,25H,7-10,13H2,1H3,(H,26,27,28,29,30);2-6,11-12H,7-10,13H2,1H3,(H,25,26,27,28,29);4-8,11-12H,2-3,9-10,13H2,1H3,(H,25,26,27,28,29)/b7-6+;2*6-5+;8-7+. The molecule has 4 saturated heterocycles. The van der Waals surface area contributed by atoms with E-state index in [9.17, 15) is 52.7 Å². The molecule has 5 N–H and O–H groups in total. The third-order valence-corrected chi connectivity index (χ3v) is 19.5. The van der Waals surface area contributed by atoms with E-state index in [0.29, 0.717) is 169 Å². The Morgan fingerprint density at radius 3 is 0.855 bits per heavy atom. The molecule has 124 heavy (non-hydrogen) atoms. The molecule has 16 rings (SSSR count). The molecule has 39 heteroatoms. The van der Waals surface area contributed by atoms with E-state index < -0.39 is 47.0 Å². The Morgan fingerprint density at radius 1 is 0.323 bits per heavy atom. The molecule has 4 aromatic heterocycles. The van der Waals surface area contributed by atoms with Gasteiger partial charge in [-0.05, 0) is 189 Å². The number of amidine groups is 4. The number of hydrogen-bond acceptors (Lipinski definition) is 27. The quantitative estimate of drug-likeness (QED) is 0.0562. The number of nitrogens with zero attached hydrogens (tertiary/aromatic N) is 21. The average Bonchev–Trinajstić information content (AvgIpc) is 1.01. The normalized spacial score (nSPS) is 17.2. The van der Waals surface area contributed by atoms with Crippen molar-refractivity contribution in [1.82, 2.24) is 70.0 Å². The number of alkyl halides is 12. The number of aliphatic imine (C=N–C) groups is 4. The van der Waals surface area contributed by atoms with Crippen LogP contribution in [0.25, 0.3) is 48.6 Å². The van der Waals surface area contributed by atoms with Crippen molar-refractivity contribution in [2.45, 2.75) is 65.2 Å². The Kier molecular flexibility index (Phi) is 28.8. The molecule has 0 aliphatic carbocycles. The lowest BCUT2D eigenvalue weighted by Crippen LogP contribution is -2.45. The van der Waals surface area contributed by atoms with Crippen molar-refractivity contribution in [1.29, 1.82) is 0 Å². The molecule has 0 amide bonds. The molecule has 8 aliphatic heterocycles. The van der Waals surface area contributed by atoms with E-state index in [-0.39, 0.29) is 0 Å². The number of piperazine rings is 2. The van der Waals surface area contributed by atoms with Crippen LogP contribution < -0.4 is 46.2 Å². The highest BCUT2D eigenvalue weighted by Crippen LogP contribution is 2.35. The second-order valence-corrected chi connectivity index (χ2v) is 29.7. The summed E-state index contributed by atoms with van der Waals surface area (Å²) in [5, 5.41) is 15.7. The fourth-order valence-electron chi connectivity index (χ4n) is 13.0. The summed E-state index contributed by atoms with van der Waals surface area (Å²) in [6.07, 6.45) is 4.87. The van der Waals surface area contributed by atoms with Crippen molar-refractivity contribution < 1.29 is 57.4 Å². The molecule has 0 bridgehead atoms. The minimum absolute atomic E-state index is 0.324. The first-order chi connectivity index (χ1) is 59.4. The summed E-state index contributed by atoms with van der Waals surface area (Å²) in [5.74, 6) is 7.52. The summed E-state index contributed by atoms with van der Waals surface area (Å²) in [5.41, 5.74) is 3.36. The van der Waals surface area contributed by atoms with E-state index >= 15 is 0 Å². The molecular weight excluding hydrogens is 1630 g/mol. The molecule has 0 atom stereocenters. The topological polar surface area (TPSA) is 290 Å². The zero-order valence-electron chi connectivity index (χ0n) is 68.1. The van der Waals surface area contributed by atoms with Gasteiger partial charge in [0.1, 0.15) is 23.3 Å². The number of anilines is 8. The fourth-order valence-corrected chi connectivity index (χ4v) is 13.0. The molecule has 0 radical (unpaired) electrons. The second kappa shape index (κ2) is 40.3. The largest absolute Gasteiger partial charge is 0.416 e. The lowest BCUT2D eigenvalue weighted by atomic mass is 10.1. The van der Waals surface area contributed by atoms with Gasteiger partial charge in [-0.1, -0.05) is 72.8 Å². The molecule has 648 valence electrons. The highest BCUT2D eigenvalue weighted by atomic mass is 19.4. The Labute approximate surface area is 706 Å². The molecule has 12 heterocycles. The number of likely N-dealkylation sites (N-methyl/N-ethyl adjacent to an activating group) is 1. The predicted molar refractivity (Wildman–Crippen MR) is 459 cm³/mol. The molecule has 8 aliphatic rings. The van der Waals surface area contributed by atoms with Crippen LogP contribution in [-0.4, -0.2) is 213 Å². The van der Waals surface area contributed by atoms with Gasteiger partial charge in [-0.3, -0.25) is 20.0 Å². The second-order valence-electron chi connectivity index (χ2n) is 29.7. The van der Waals surface area contributed by atoms with Gasteiger partial charge in [-0.2, -0.15) is 112 Å². The van der Waals surface area contributed by atoms with E-state index in [1.807, 2.05) is 61.8 Å². The summed E-state index contributed by atoms with van der Waals surface area (Å²) in [6, 6.07) is 20.5. The van der Waals surface area contributed by atoms with Crippen molar-refractivity contribution >= 4 is 120 Å². The van der Waals surface area contributed by atoms with Crippen LogP contribution in [0, 0.1) is 0 Å². The highest BCUT2D eigenvalue weighted by molar-refractivity contribution is 6.06. The summed E-state index contributed by atoms with van der Waals surface area (Å²) in [4.78, 5) is 81.6. The number of nitrogens with one attached hydrogen (secondary N) is 5. The Morgan fingerprint density at radius 2 is 0.589 bits per heavy atom. The van der Waals surface area contributed by atoms with Gasteiger partial charge in [-0.15, -0.1) is 0 Å². The van der Waals surface area contributed by atoms with E-state index in [2.05, 4.69) is 128 Å². The van der Waals surface area contributed by atoms with Crippen LogP contribution in [0.5, 0.6) is 0 Å². The first-order valence-corrected chi connectivity index (χ1v) is 39.7. The maximum absolute atomic E-state index is 13.0. The Hall–Kier alpha value is -13.0. The minimum Gasteiger partial charge on any atom is -0.378 e. The molecule has 8 aromatic rings. The van der Waals surface area contributed by atoms with Gasteiger partial charge < -0.3 is 55.8 Å². The first-order valence-electron chi connectivity index (χ1n) is 39.7. The number of ether oxygens (including phenoxy) is 1. The molecule has 0 unspecified atom stereocenters. The lowest BCUT2D eigenvalue weighted by Gasteiger charge is -2.32. The van der Waals surface area contributed by atoms with E-state index in [0.717, 1.165) is 149 Å². The van der Waals surface area contributed by atoms with Crippen LogP contribution in [0.15, 0.2) is 164 Å². The van der Waals surface area contributed by atoms with Gasteiger partial charge in [0.15, 0.2) is 23.3 Å². The van der Waals surface area contributed by atoms with Crippen LogP contribution in [0.4, 0.5) is 100 Å². The molecule has 27 nitrogen and oxygen atoms in total. The zero-order chi connectivity index (χ0) is 87.6. The number of hydrogen-bond donors (Lipinski definition) is 5. The van der Waals surface area contributed by atoms with Gasteiger partial charge in [0.2, 0.25) is 47.6 Å². The molecule has 4 fully saturated rings. The number of halogens is 12. The molecule has 0 spiro atoms. The maximum atomic E-state index is 13.0. The first kappa shape index (κ1) is 88.7. The van der Waals surface area contributed by atoms with Gasteiger partial charge in [0, 0.05) is 78.5 Å². The summed E-state index contributed by atoms with van der Waals surface area (Å²) >= 11 is 0. The van der Waals surface area contributed by atoms with E-state index in [4.69, 9.17) is 4.74 Å².